The normalized spacial score (nSPS) is 21.4. The van der Waals surface area contributed by atoms with Gasteiger partial charge in [-0.1, -0.05) is 6.07 Å². The van der Waals surface area contributed by atoms with Crippen molar-refractivity contribution in [3.8, 4) is 5.75 Å². The highest BCUT2D eigenvalue weighted by Crippen LogP contribution is 2.40. The molecule has 0 amide bonds. The highest BCUT2D eigenvalue weighted by molar-refractivity contribution is 5.43. The summed E-state index contributed by atoms with van der Waals surface area (Å²) >= 11 is 0. The number of rotatable bonds is 3. The minimum atomic E-state index is -0.830. The van der Waals surface area contributed by atoms with Crippen molar-refractivity contribution in [2.45, 2.75) is 24.9 Å². The van der Waals surface area contributed by atoms with Crippen LogP contribution in [0.3, 0.4) is 0 Å². The molecule has 0 aliphatic heterocycles. The Hall–Kier alpha value is -1.81. The first-order valence-electron chi connectivity index (χ1n) is 6.48. The van der Waals surface area contributed by atoms with E-state index in [0.29, 0.717) is 6.42 Å². The lowest BCUT2D eigenvalue weighted by molar-refractivity contribution is 0.0361. The molecule has 1 aliphatic carbocycles. The summed E-state index contributed by atoms with van der Waals surface area (Å²) in [6.45, 7) is 0. The van der Waals surface area contributed by atoms with Crippen LogP contribution < -0.4 is 4.74 Å². The Labute approximate surface area is 112 Å². The predicted molar refractivity (Wildman–Crippen MR) is 72.1 cm³/mol. The summed E-state index contributed by atoms with van der Waals surface area (Å²) in [4.78, 5) is 4.31. The molecule has 4 heteroatoms. The second-order valence-electron chi connectivity index (χ2n) is 5.19. The third-order valence-electron chi connectivity index (χ3n) is 4.00. The fraction of sp³-hybridized carbons (Fsp3) is 0.400. The molecule has 0 saturated carbocycles. The first-order chi connectivity index (χ1) is 9.12. The number of methoxy groups -OCH3 is 1. The Bertz CT molecular complexity index is 606. The van der Waals surface area contributed by atoms with Gasteiger partial charge in [0.2, 0.25) is 0 Å². The molecule has 0 bridgehead atoms. The van der Waals surface area contributed by atoms with E-state index in [1.165, 1.54) is 5.56 Å². The van der Waals surface area contributed by atoms with Crippen molar-refractivity contribution >= 4 is 0 Å². The molecular formula is C15H18N2O2. The Morgan fingerprint density at radius 1 is 1.47 bits per heavy atom. The zero-order valence-corrected chi connectivity index (χ0v) is 11.3. The van der Waals surface area contributed by atoms with E-state index in [4.69, 9.17) is 4.74 Å². The molecule has 1 aliphatic rings. The van der Waals surface area contributed by atoms with E-state index >= 15 is 0 Å². The number of ether oxygens (including phenoxy) is 1. The van der Waals surface area contributed by atoms with Gasteiger partial charge in [0.15, 0.2) is 0 Å². The van der Waals surface area contributed by atoms with Crippen LogP contribution in [0.2, 0.25) is 0 Å². The maximum Gasteiger partial charge on any atom is 0.119 e. The van der Waals surface area contributed by atoms with Crippen LogP contribution in [0, 0.1) is 0 Å². The number of imidazole rings is 1. The van der Waals surface area contributed by atoms with Gasteiger partial charge in [-0.05, 0) is 36.1 Å². The van der Waals surface area contributed by atoms with Gasteiger partial charge < -0.3 is 14.4 Å². The van der Waals surface area contributed by atoms with E-state index in [1.54, 1.807) is 13.3 Å². The molecule has 0 radical (unpaired) electrons. The average molecular weight is 258 g/mol. The standard InChI is InChI=1S/C15H18N2O2/c1-17-8-7-16-14(17)10-15(18)6-5-11-3-4-12(19-2)9-13(11)15/h3-4,7-9,18H,5-6,10H2,1-2H3. The highest BCUT2D eigenvalue weighted by Gasteiger charge is 2.38. The lowest BCUT2D eigenvalue weighted by Crippen LogP contribution is -2.27. The molecule has 3 rings (SSSR count). The zero-order valence-electron chi connectivity index (χ0n) is 11.3. The number of hydrogen-bond acceptors (Lipinski definition) is 3. The smallest absolute Gasteiger partial charge is 0.119 e. The minimum absolute atomic E-state index is 0.538. The zero-order chi connectivity index (χ0) is 13.5. The molecule has 0 fully saturated rings. The summed E-state index contributed by atoms with van der Waals surface area (Å²) in [6, 6.07) is 5.95. The van der Waals surface area contributed by atoms with Gasteiger partial charge in [-0.2, -0.15) is 0 Å². The highest BCUT2D eigenvalue weighted by atomic mass is 16.5. The Morgan fingerprint density at radius 2 is 2.32 bits per heavy atom. The predicted octanol–water partition coefficient (Wildman–Crippen LogP) is 1.81. The third-order valence-corrected chi connectivity index (χ3v) is 4.00. The second kappa shape index (κ2) is 4.38. The summed E-state index contributed by atoms with van der Waals surface area (Å²) < 4.78 is 7.21. The molecule has 1 unspecified atom stereocenters. The number of nitrogens with zero attached hydrogens (tertiary/aromatic N) is 2. The molecule has 100 valence electrons. The molecule has 4 nitrogen and oxygen atoms in total. The van der Waals surface area contributed by atoms with E-state index in [0.717, 1.165) is 30.0 Å². The van der Waals surface area contributed by atoms with Crippen molar-refractivity contribution in [3.05, 3.63) is 47.5 Å². The maximum atomic E-state index is 11.0. The van der Waals surface area contributed by atoms with E-state index in [2.05, 4.69) is 4.98 Å². The van der Waals surface area contributed by atoms with Crippen molar-refractivity contribution < 1.29 is 9.84 Å². The summed E-state index contributed by atoms with van der Waals surface area (Å²) in [5, 5.41) is 11.0. The summed E-state index contributed by atoms with van der Waals surface area (Å²) in [5.41, 5.74) is 1.36. The molecule has 0 spiro atoms. The van der Waals surface area contributed by atoms with Crippen molar-refractivity contribution in [2.75, 3.05) is 7.11 Å². The maximum absolute atomic E-state index is 11.0. The van der Waals surface area contributed by atoms with Gasteiger partial charge in [-0.25, -0.2) is 4.98 Å². The lowest BCUT2D eigenvalue weighted by Gasteiger charge is -2.24. The van der Waals surface area contributed by atoms with E-state index in [9.17, 15) is 5.11 Å². The SMILES string of the molecule is COc1ccc2c(c1)C(O)(Cc1nccn1C)CC2. The molecule has 1 heterocycles. The quantitative estimate of drug-likeness (QED) is 0.913. The number of aliphatic hydroxyl groups is 1. The number of aromatic nitrogens is 2. The van der Waals surface area contributed by atoms with E-state index < -0.39 is 5.60 Å². The van der Waals surface area contributed by atoms with Crippen LogP contribution in [0.4, 0.5) is 0 Å². The summed E-state index contributed by atoms with van der Waals surface area (Å²) in [7, 11) is 3.60. The summed E-state index contributed by atoms with van der Waals surface area (Å²) in [5.74, 6) is 1.69. The molecule has 1 atom stereocenters. The van der Waals surface area contributed by atoms with E-state index in [1.807, 2.05) is 36.0 Å². The minimum Gasteiger partial charge on any atom is -0.497 e. The van der Waals surface area contributed by atoms with Crippen molar-refractivity contribution in [2.24, 2.45) is 7.05 Å². The van der Waals surface area contributed by atoms with Crippen LogP contribution in [-0.2, 0) is 25.5 Å². The molecule has 1 N–H and O–H groups in total. The monoisotopic (exact) mass is 258 g/mol. The van der Waals surface area contributed by atoms with Gasteiger partial charge in [-0.15, -0.1) is 0 Å². The Morgan fingerprint density at radius 3 is 3.00 bits per heavy atom. The average Bonchev–Trinajstić information content (AvgIpc) is 2.95. The topological polar surface area (TPSA) is 47.3 Å². The van der Waals surface area contributed by atoms with Gasteiger partial charge in [0.05, 0.1) is 12.7 Å². The Kier molecular flexibility index (Phi) is 2.82. The van der Waals surface area contributed by atoms with Crippen LogP contribution in [-0.4, -0.2) is 21.8 Å². The van der Waals surface area contributed by atoms with Crippen LogP contribution in [0.5, 0.6) is 5.75 Å². The molecule has 19 heavy (non-hydrogen) atoms. The second-order valence-corrected chi connectivity index (χ2v) is 5.19. The Balaban J connectivity index is 1.97. The fourth-order valence-electron chi connectivity index (χ4n) is 2.82. The number of aryl methyl sites for hydroxylation is 2. The van der Waals surface area contributed by atoms with Crippen LogP contribution in [0.15, 0.2) is 30.6 Å². The van der Waals surface area contributed by atoms with Crippen molar-refractivity contribution in [1.29, 1.82) is 0 Å². The van der Waals surface area contributed by atoms with Crippen LogP contribution in [0.25, 0.3) is 0 Å². The molecule has 1 aromatic heterocycles. The van der Waals surface area contributed by atoms with Gasteiger partial charge >= 0.3 is 0 Å². The fourth-order valence-corrected chi connectivity index (χ4v) is 2.82. The first-order valence-corrected chi connectivity index (χ1v) is 6.48. The molecule has 0 saturated heterocycles. The number of benzene rings is 1. The van der Waals surface area contributed by atoms with Crippen LogP contribution in [0.1, 0.15) is 23.4 Å². The van der Waals surface area contributed by atoms with Crippen LogP contribution >= 0.6 is 0 Å². The summed E-state index contributed by atoms with van der Waals surface area (Å²) in [6.07, 6.45) is 5.85. The third kappa shape index (κ3) is 2.02. The van der Waals surface area contributed by atoms with Gasteiger partial charge in [0.25, 0.3) is 0 Å². The lowest BCUT2D eigenvalue weighted by atomic mass is 9.92. The van der Waals surface area contributed by atoms with Crippen molar-refractivity contribution in [1.82, 2.24) is 9.55 Å². The molecule has 2 aromatic rings. The molecule has 1 aromatic carbocycles. The number of fused-ring (bicyclic) bond motifs is 1. The van der Waals surface area contributed by atoms with Gasteiger partial charge in [0.1, 0.15) is 11.6 Å². The van der Waals surface area contributed by atoms with Crippen molar-refractivity contribution in [3.63, 3.8) is 0 Å². The van der Waals surface area contributed by atoms with Gasteiger partial charge in [0, 0.05) is 25.9 Å². The molecular weight excluding hydrogens is 240 g/mol. The van der Waals surface area contributed by atoms with Gasteiger partial charge in [-0.3, -0.25) is 0 Å². The first kappa shape index (κ1) is 12.2. The number of hydrogen-bond donors (Lipinski definition) is 1. The largest absolute Gasteiger partial charge is 0.497 e. The van der Waals surface area contributed by atoms with E-state index in [-0.39, 0.29) is 0 Å².